The third-order valence-electron chi connectivity index (χ3n) is 5.56. The van der Waals surface area contributed by atoms with E-state index in [1.54, 1.807) is 0 Å². The Balaban J connectivity index is 1.72. The molecule has 3 nitrogen and oxygen atoms in total. The molecule has 1 aromatic heterocycles. The van der Waals surface area contributed by atoms with E-state index in [9.17, 15) is 0 Å². The molecule has 4 aliphatic carbocycles. The summed E-state index contributed by atoms with van der Waals surface area (Å²) in [4.78, 5) is 4.26. The van der Waals surface area contributed by atoms with E-state index in [2.05, 4.69) is 11.1 Å². The minimum Gasteiger partial charge on any atom is -0.384 e. The van der Waals surface area contributed by atoms with E-state index in [1.165, 1.54) is 37.7 Å². The standard InChI is InChI=1S/C15H21N3/c16-13-2-1-12(15(17)18-13)14-10-4-8-3-9(6-10)7-11(14)5-8/h1-2,8-11,14H,3-7H2,(H4,16,17,18). The fourth-order valence-corrected chi connectivity index (χ4v) is 5.22. The van der Waals surface area contributed by atoms with Crippen molar-refractivity contribution in [1.29, 1.82) is 0 Å². The molecule has 4 aliphatic rings. The Morgan fingerprint density at radius 2 is 1.50 bits per heavy atom. The van der Waals surface area contributed by atoms with Crippen LogP contribution in [0, 0.1) is 23.7 Å². The van der Waals surface area contributed by atoms with Crippen LogP contribution in [0.3, 0.4) is 0 Å². The third kappa shape index (κ3) is 1.46. The first-order valence-electron chi connectivity index (χ1n) is 7.22. The minimum atomic E-state index is 0.542. The van der Waals surface area contributed by atoms with Gasteiger partial charge in [0, 0.05) is 0 Å². The normalized spacial score (nSPS) is 41.2. The highest BCUT2D eigenvalue weighted by Gasteiger charge is 2.49. The second-order valence-electron chi connectivity index (χ2n) is 6.67. The lowest BCUT2D eigenvalue weighted by Crippen LogP contribution is -2.44. The van der Waals surface area contributed by atoms with Crippen molar-refractivity contribution in [3.05, 3.63) is 17.7 Å². The topological polar surface area (TPSA) is 64.9 Å². The average Bonchev–Trinajstić information content (AvgIpc) is 2.30. The van der Waals surface area contributed by atoms with Crippen LogP contribution in [-0.4, -0.2) is 4.98 Å². The zero-order valence-corrected chi connectivity index (χ0v) is 10.7. The van der Waals surface area contributed by atoms with Gasteiger partial charge in [-0.15, -0.1) is 0 Å². The van der Waals surface area contributed by atoms with Gasteiger partial charge in [-0.2, -0.15) is 0 Å². The van der Waals surface area contributed by atoms with Gasteiger partial charge in [0.05, 0.1) is 0 Å². The van der Waals surface area contributed by atoms with Crippen LogP contribution in [-0.2, 0) is 0 Å². The zero-order valence-electron chi connectivity index (χ0n) is 10.7. The van der Waals surface area contributed by atoms with Gasteiger partial charge >= 0.3 is 0 Å². The molecule has 0 spiro atoms. The number of nitrogens with zero attached hydrogens (tertiary/aromatic N) is 1. The number of nitrogen functional groups attached to an aromatic ring is 2. The summed E-state index contributed by atoms with van der Waals surface area (Å²) in [5, 5.41) is 0. The summed E-state index contributed by atoms with van der Waals surface area (Å²) >= 11 is 0. The highest BCUT2D eigenvalue weighted by atomic mass is 14.9. The van der Waals surface area contributed by atoms with E-state index in [1.807, 2.05) is 6.07 Å². The summed E-state index contributed by atoms with van der Waals surface area (Å²) in [6.45, 7) is 0. The van der Waals surface area contributed by atoms with E-state index in [0.29, 0.717) is 17.6 Å². The summed E-state index contributed by atoms with van der Waals surface area (Å²) in [7, 11) is 0. The minimum absolute atomic E-state index is 0.542. The van der Waals surface area contributed by atoms with Crippen molar-refractivity contribution in [3.63, 3.8) is 0 Å². The Hall–Kier alpha value is -1.25. The summed E-state index contributed by atoms with van der Waals surface area (Å²) in [6, 6.07) is 4.04. The van der Waals surface area contributed by atoms with Gasteiger partial charge in [-0.3, -0.25) is 0 Å². The van der Waals surface area contributed by atoms with Crippen molar-refractivity contribution in [3.8, 4) is 0 Å². The van der Waals surface area contributed by atoms with Crippen molar-refractivity contribution in [2.75, 3.05) is 11.5 Å². The lowest BCUT2D eigenvalue weighted by Gasteiger charge is -2.54. The molecule has 5 rings (SSSR count). The molecule has 0 aromatic carbocycles. The van der Waals surface area contributed by atoms with E-state index in [0.717, 1.165) is 23.7 Å². The summed E-state index contributed by atoms with van der Waals surface area (Å²) in [5.74, 6) is 5.60. The quantitative estimate of drug-likeness (QED) is 0.797. The van der Waals surface area contributed by atoms with Crippen molar-refractivity contribution < 1.29 is 0 Å². The number of rotatable bonds is 1. The maximum absolute atomic E-state index is 6.11. The molecule has 4 saturated carbocycles. The molecular weight excluding hydrogens is 222 g/mol. The van der Waals surface area contributed by atoms with Gasteiger partial charge < -0.3 is 11.5 Å². The van der Waals surface area contributed by atoms with Crippen molar-refractivity contribution in [1.82, 2.24) is 4.98 Å². The predicted molar refractivity (Wildman–Crippen MR) is 72.8 cm³/mol. The Kier molecular flexibility index (Phi) is 2.14. The molecule has 18 heavy (non-hydrogen) atoms. The molecule has 1 aromatic rings. The SMILES string of the molecule is Nc1ccc(C2C3CC4CC(C3)CC2C4)c(N)n1. The number of anilines is 2. The molecule has 0 atom stereocenters. The van der Waals surface area contributed by atoms with Crippen molar-refractivity contribution in [2.24, 2.45) is 23.7 Å². The molecule has 96 valence electrons. The van der Waals surface area contributed by atoms with Crippen molar-refractivity contribution in [2.45, 2.75) is 38.0 Å². The van der Waals surface area contributed by atoms with Gasteiger partial charge in [-0.25, -0.2) is 4.98 Å². The van der Waals surface area contributed by atoms with Crippen LogP contribution in [0.25, 0.3) is 0 Å². The third-order valence-corrected chi connectivity index (χ3v) is 5.56. The van der Waals surface area contributed by atoms with Gasteiger partial charge in [0.1, 0.15) is 11.6 Å². The van der Waals surface area contributed by atoms with Gasteiger partial charge in [0.15, 0.2) is 0 Å². The average molecular weight is 243 g/mol. The molecule has 0 radical (unpaired) electrons. The lowest BCUT2D eigenvalue weighted by molar-refractivity contribution is -0.00262. The molecule has 4 bridgehead atoms. The predicted octanol–water partition coefficient (Wildman–Crippen LogP) is 2.79. The molecule has 0 amide bonds. The van der Waals surface area contributed by atoms with Crippen LogP contribution in [0.1, 0.15) is 43.6 Å². The van der Waals surface area contributed by atoms with Crippen LogP contribution < -0.4 is 11.5 Å². The molecule has 4 N–H and O–H groups in total. The zero-order chi connectivity index (χ0) is 12.3. The fourth-order valence-electron chi connectivity index (χ4n) is 5.22. The van der Waals surface area contributed by atoms with Crippen LogP contribution in [0.4, 0.5) is 11.6 Å². The maximum atomic E-state index is 6.11. The second kappa shape index (κ2) is 3.62. The Labute approximate surface area is 108 Å². The van der Waals surface area contributed by atoms with Gasteiger partial charge in [0.25, 0.3) is 0 Å². The van der Waals surface area contributed by atoms with Crippen molar-refractivity contribution >= 4 is 11.6 Å². The molecule has 3 heteroatoms. The molecule has 0 unspecified atom stereocenters. The van der Waals surface area contributed by atoms with Gasteiger partial charge in [-0.05, 0) is 73.3 Å². The van der Waals surface area contributed by atoms with E-state index < -0.39 is 0 Å². The van der Waals surface area contributed by atoms with Crippen LogP contribution in [0.2, 0.25) is 0 Å². The monoisotopic (exact) mass is 243 g/mol. The lowest BCUT2D eigenvalue weighted by atomic mass is 9.51. The smallest absolute Gasteiger partial charge is 0.129 e. The maximum Gasteiger partial charge on any atom is 0.129 e. The largest absolute Gasteiger partial charge is 0.384 e. The molecule has 0 aliphatic heterocycles. The highest BCUT2D eigenvalue weighted by Crippen LogP contribution is 2.60. The molecule has 1 heterocycles. The van der Waals surface area contributed by atoms with Crippen LogP contribution in [0.15, 0.2) is 12.1 Å². The summed E-state index contributed by atoms with van der Waals surface area (Å²) in [5.41, 5.74) is 13.1. The van der Waals surface area contributed by atoms with E-state index in [4.69, 9.17) is 11.5 Å². The first-order valence-corrected chi connectivity index (χ1v) is 7.22. The molecule has 4 fully saturated rings. The summed E-state index contributed by atoms with van der Waals surface area (Å²) in [6.07, 6.45) is 7.17. The Morgan fingerprint density at radius 3 is 2.06 bits per heavy atom. The number of pyridine rings is 1. The van der Waals surface area contributed by atoms with Crippen LogP contribution >= 0.6 is 0 Å². The van der Waals surface area contributed by atoms with Gasteiger partial charge in [0.2, 0.25) is 0 Å². The van der Waals surface area contributed by atoms with Gasteiger partial charge in [-0.1, -0.05) is 6.07 Å². The number of aromatic nitrogens is 1. The Morgan fingerprint density at radius 1 is 0.889 bits per heavy atom. The molecule has 0 saturated heterocycles. The first-order chi connectivity index (χ1) is 8.70. The number of hydrogen-bond donors (Lipinski definition) is 2. The van der Waals surface area contributed by atoms with E-state index in [-0.39, 0.29) is 0 Å². The fraction of sp³-hybridized carbons (Fsp3) is 0.667. The Bertz CT molecular complexity index is 455. The van der Waals surface area contributed by atoms with Crippen LogP contribution in [0.5, 0.6) is 0 Å². The number of hydrogen-bond acceptors (Lipinski definition) is 3. The first kappa shape index (κ1) is 10.7. The van der Waals surface area contributed by atoms with E-state index >= 15 is 0 Å². The number of nitrogens with two attached hydrogens (primary N) is 2. The molecular formula is C15H21N3. The highest BCUT2D eigenvalue weighted by molar-refractivity contribution is 5.48. The second-order valence-corrected chi connectivity index (χ2v) is 6.67. The summed E-state index contributed by atoms with van der Waals surface area (Å²) < 4.78 is 0.